The number of methoxy groups -OCH3 is 1. The number of hydrogen-bond acceptors (Lipinski definition) is 7. The van der Waals surface area contributed by atoms with Crippen LogP contribution in [-0.2, 0) is 19.0 Å². The summed E-state index contributed by atoms with van der Waals surface area (Å²) in [5, 5.41) is 14.9. The van der Waals surface area contributed by atoms with Gasteiger partial charge in [0.15, 0.2) is 6.29 Å². The highest BCUT2D eigenvalue weighted by atomic mass is 16.7. The van der Waals surface area contributed by atoms with Crippen molar-refractivity contribution >= 4 is 17.7 Å². The fraction of sp³-hybridized carbons (Fsp3) is 0.579. The molecule has 1 heterocycles. The van der Waals surface area contributed by atoms with Crippen LogP contribution in [-0.4, -0.2) is 55.2 Å². The van der Waals surface area contributed by atoms with Crippen LogP contribution in [0.1, 0.15) is 39.5 Å². The van der Waals surface area contributed by atoms with E-state index in [1.165, 1.54) is 14.0 Å². The zero-order chi connectivity index (χ0) is 20.9. The highest BCUT2D eigenvalue weighted by molar-refractivity contribution is 6.00. The van der Waals surface area contributed by atoms with Crippen molar-refractivity contribution in [1.29, 1.82) is 0 Å². The van der Waals surface area contributed by atoms with Crippen LogP contribution in [0.15, 0.2) is 18.2 Å². The molecule has 0 spiro atoms. The van der Waals surface area contributed by atoms with Gasteiger partial charge in [-0.05, 0) is 45.9 Å². The Kier molecular flexibility index (Phi) is 6.87. The predicted octanol–water partition coefficient (Wildman–Crippen LogP) is 1.95. The number of aliphatic hydroxyl groups excluding tert-OH is 1. The van der Waals surface area contributed by atoms with Gasteiger partial charge in [0.05, 0.1) is 26.9 Å². The van der Waals surface area contributed by atoms with Gasteiger partial charge in [0.2, 0.25) is 0 Å². The minimum Gasteiger partial charge on any atom is -0.497 e. The Hall–Kier alpha value is -2.36. The molecular formula is C19H28N2O7. The lowest BCUT2D eigenvalue weighted by Crippen LogP contribution is -2.58. The van der Waals surface area contributed by atoms with Gasteiger partial charge in [0.25, 0.3) is 5.91 Å². The molecule has 1 aromatic rings. The summed E-state index contributed by atoms with van der Waals surface area (Å²) in [4.78, 5) is 24.9. The number of nitrogens with one attached hydrogen (secondary N) is 2. The number of carbonyl (C=O) groups is 2. The highest BCUT2D eigenvalue weighted by Crippen LogP contribution is 2.33. The molecule has 1 fully saturated rings. The van der Waals surface area contributed by atoms with Crippen molar-refractivity contribution in [2.75, 3.05) is 32.2 Å². The molecule has 9 nitrogen and oxygen atoms in total. The first-order chi connectivity index (χ1) is 13.1. The lowest BCUT2D eigenvalue weighted by atomic mass is 10.0. The van der Waals surface area contributed by atoms with E-state index in [1.54, 1.807) is 39.0 Å². The van der Waals surface area contributed by atoms with Crippen LogP contribution < -0.4 is 15.4 Å². The van der Waals surface area contributed by atoms with E-state index in [0.717, 1.165) is 0 Å². The van der Waals surface area contributed by atoms with Crippen LogP contribution in [0.2, 0.25) is 0 Å². The molecule has 3 N–H and O–H groups in total. The standard InChI is InChI=1S/C19H28N2O7/c1-18(2,3)28-17(24)21-19(4,11-22)16(23)20-14-7-6-12(25-5)10-13(14)15-26-8-9-27-15/h6-7,10,15,22H,8-9,11H2,1-5H3,(H,20,23)(H,21,24). The molecule has 0 aliphatic carbocycles. The first-order valence-electron chi connectivity index (χ1n) is 8.92. The first kappa shape index (κ1) is 21.9. The molecule has 1 aliphatic rings. The fourth-order valence-corrected chi connectivity index (χ4v) is 2.47. The molecular weight excluding hydrogens is 368 g/mol. The minimum absolute atomic E-state index is 0.420. The number of amides is 2. The Morgan fingerprint density at radius 1 is 1.21 bits per heavy atom. The van der Waals surface area contributed by atoms with Gasteiger partial charge in [-0.3, -0.25) is 4.79 Å². The second-order valence-electron chi connectivity index (χ2n) is 7.60. The van der Waals surface area contributed by atoms with Gasteiger partial charge < -0.3 is 34.7 Å². The molecule has 156 valence electrons. The Balaban J connectivity index is 2.20. The van der Waals surface area contributed by atoms with E-state index in [4.69, 9.17) is 18.9 Å². The lowest BCUT2D eigenvalue weighted by Gasteiger charge is -2.29. The monoisotopic (exact) mass is 396 g/mol. The third kappa shape index (κ3) is 5.57. The van der Waals surface area contributed by atoms with Crippen LogP contribution >= 0.6 is 0 Å². The van der Waals surface area contributed by atoms with Crippen LogP contribution in [0.4, 0.5) is 10.5 Å². The zero-order valence-electron chi connectivity index (χ0n) is 16.8. The summed E-state index contributed by atoms with van der Waals surface area (Å²) >= 11 is 0. The molecule has 0 radical (unpaired) electrons. The summed E-state index contributed by atoms with van der Waals surface area (Å²) in [6.45, 7) is 6.75. The van der Waals surface area contributed by atoms with Gasteiger partial charge in [0, 0.05) is 11.3 Å². The van der Waals surface area contributed by atoms with Crippen molar-refractivity contribution in [3.05, 3.63) is 23.8 Å². The average Bonchev–Trinajstić information content (AvgIpc) is 3.14. The number of benzene rings is 1. The van der Waals surface area contributed by atoms with Crippen molar-refractivity contribution in [3.8, 4) is 5.75 Å². The second-order valence-corrected chi connectivity index (χ2v) is 7.60. The molecule has 0 bridgehead atoms. The molecule has 1 saturated heterocycles. The van der Waals surface area contributed by atoms with Gasteiger partial charge in [-0.15, -0.1) is 0 Å². The average molecular weight is 396 g/mol. The van der Waals surface area contributed by atoms with Gasteiger partial charge in [0.1, 0.15) is 16.9 Å². The highest BCUT2D eigenvalue weighted by Gasteiger charge is 2.37. The predicted molar refractivity (Wildman–Crippen MR) is 101 cm³/mol. The van der Waals surface area contributed by atoms with E-state index >= 15 is 0 Å². The molecule has 1 aliphatic heterocycles. The van der Waals surface area contributed by atoms with E-state index in [9.17, 15) is 14.7 Å². The SMILES string of the molecule is COc1ccc(NC(=O)C(C)(CO)NC(=O)OC(C)(C)C)c(C2OCCO2)c1. The summed E-state index contributed by atoms with van der Waals surface area (Å²) in [5.74, 6) is -0.0471. The molecule has 1 atom stereocenters. The largest absolute Gasteiger partial charge is 0.497 e. The topological polar surface area (TPSA) is 115 Å². The van der Waals surface area contributed by atoms with Gasteiger partial charge >= 0.3 is 6.09 Å². The van der Waals surface area contributed by atoms with Gasteiger partial charge in [-0.2, -0.15) is 0 Å². The Morgan fingerprint density at radius 3 is 2.39 bits per heavy atom. The third-order valence-electron chi connectivity index (χ3n) is 3.98. The van der Waals surface area contributed by atoms with Crippen molar-refractivity contribution in [2.45, 2.75) is 45.1 Å². The summed E-state index contributed by atoms with van der Waals surface area (Å²) in [6, 6.07) is 5.01. The van der Waals surface area contributed by atoms with Crippen LogP contribution in [0.3, 0.4) is 0 Å². The lowest BCUT2D eigenvalue weighted by molar-refractivity contribution is -0.123. The summed E-state index contributed by atoms with van der Waals surface area (Å²) in [5.41, 5.74) is -1.35. The molecule has 1 unspecified atom stereocenters. The number of hydrogen-bond donors (Lipinski definition) is 3. The fourth-order valence-electron chi connectivity index (χ4n) is 2.47. The maximum absolute atomic E-state index is 12.8. The smallest absolute Gasteiger partial charge is 0.408 e. The molecule has 0 saturated carbocycles. The van der Waals surface area contributed by atoms with E-state index < -0.39 is 36.0 Å². The van der Waals surface area contributed by atoms with E-state index in [2.05, 4.69) is 10.6 Å². The van der Waals surface area contributed by atoms with Crippen molar-refractivity contribution < 1.29 is 33.6 Å². The number of ether oxygens (including phenoxy) is 4. The van der Waals surface area contributed by atoms with E-state index in [1.807, 2.05) is 0 Å². The Labute approximate surface area is 164 Å². The van der Waals surface area contributed by atoms with Crippen molar-refractivity contribution in [1.82, 2.24) is 5.32 Å². The molecule has 2 amide bonds. The van der Waals surface area contributed by atoms with E-state index in [0.29, 0.717) is 30.2 Å². The number of aliphatic hydroxyl groups is 1. The van der Waals surface area contributed by atoms with Crippen LogP contribution in [0, 0.1) is 0 Å². The normalized spacial score (nSPS) is 16.9. The summed E-state index contributed by atoms with van der Waals surface area (Å²) < 4.78 is 21.4. The number of anilines is 1. The number of rotatable bonds is 6. The van der Waals surface area contributed by atoms with Gasteiger partial charge in [-0.1, -0.05) is 0 Å². The molecule has 0 aromatic heterocycles. The van der Waals surface area contributed by atoms with E-state index in [-0.39, 0.29) is 0 Å². The Morgan fingerprint density at radius 2 is 1.86 bits per heavy atom. The quantitative estimate of drug-likeness (QED) is 0.673. The van der Waals surface area contributed by atoms with Crippen molar-refractivity contribution in [3.63, 3.8) is 0 Å². The van der Waals surface area contributed by atoms with Crippen LogP contribution in [0.5, 0.6) is 5.75 Å². The van der Waals surface area contributed by atoms with Gasteiger partial charge in [-0.25, -0.2) is 4.79 Å². The summed E-state index contributed by atoms with van der Waals surface area (Å²) in [6.07, 6.45) is -1.46. The first-order valence-corrected chi connectivity index (χ1v) is 8.92. The zero-order valence-corrected chi connectivity index (χ0v) is 16.8. The minimum atomic E-state index is -1.60. The Bertz CT molecular complexity index is 711. The molecule has 2 rings (SSSR count). The third-order valence-corrected chi connectivity index (χ3v) is 3.98. The summed E-state index contributed by atoms with van der Waals surface area (Å²) in [7, 11) is 1.53. The second kappa shape index (κ2) is 8.76. The number of alkyl carbamates (subject to hydrolysis) is 1. The molecule has 1 aromatic carbocycles. The van der Waals surface area contributed by atoms with Crippen molar-refractivity contribution in [2.24, 2.45) is 0 Å². The maximum Gasteiger partial charge on any atom is 0.408 e. The molecule has 9 heteroatoms. The molecule has 28 heavy (non-hydrogen) atoms. The number of carbonyl (C=O) groups excluding carboxylic acids is 2. The van der Waals surface area contributed by atoms with Crippen LogP contribution in [0.25, 0.3) is 0 Å². The maximum atomic E-state index is 12.8.